The van der Waals surface area contributed by atoms with Crippen LogP contribution in [0.1, 0.15) is 24.8 Å². The second-order valence-corrected chi connectivity index (χ2v) is 5.33. The average Bonchev–Trinajstić information content (AvgIpc) is 2.89. The lowest BCUT2D eigenvalue weighted by Crippen LogP contribution is -2.21. The molecule has 84 valence electrons. The Balaban J connectivity index is 1.64. The largest absolute Gasteiger partial charge is 0.493 e. The van der Waals surface area contributed by atoms with Gasteiger partial charge in [0.15, 0.2) is 0 Å². The maximum atomic E-state index is 5.91. The molecule has 0 amide bonds. The predicted molar refractivity (Wildman–Crippen MR) is 65.6 cm³/mol. The van der Waals surface area contributed by atoms with E-state index < -0.39 is 0 Å². The zero-order valence-electron chi connectivity index (χ0n) is 9.78. The van der Waals surface area contributed by atoms with E-state index in [-0.39, 0.29) is 0 Å². The fraction of sp³-hybridized carbons (Fsp3) is 0.467. The van der Waals surface area contributed by atoms with Gasteiger partial charge in [-0.1, -0.05) is 29.8 Å². The molecule has 0 aliphatic heterocycles. The third-order valence-corrected chi connectivity index (χ3v) is 3.95. The van der Waals surface area contributed by atoms with Crippen LogP contribution in [0.15, 0.2) is 36.4 Å². The molecule has 0 spiro atoms. The molecular formula is C15H18O. The van der Waals surface area contributed by atoms with Gasteiger partial charge in [-0.05, 0) is 44.2 Å². The minimum Gasteiger partial charge on any atom is -0.493 e. The molecule has 1 saturated carbocycles. The molecule has 0 radical (unpaired) electrons. The van der Waals surface area contributed by atoms with Crippen LogP contribution < -0.4 is 4.74 Å². The zero-order chi connectivity index (χ0) is 11.0. The maximum Gasteiger partial charge on any atom is 0.119 e. The van der Waals surface area contributed by atoms with Gasteiger partial charge in [0.25, 0.3) is 0 Å². The summed E-state index contributed by atoms with van der Waals surface area (Å²) in [5.74, 6) is 1.84. The summed E-state index contributed by atoms with van der Waals surface area (Å²) in [7, 11) is 0. The molecule has 0 N–H and O–H groups in total. The van der Waals surface area contributed by atoms with Crippen LogP contribution in [-0.4, -0.2) is 6.61 Å². The quantitative estimate of drug-likeness (QED) is 0.697. The molecule has 1 nitrogen and oxygen atoms in total. The second-order valence-electron chi connectivity index (χ2n) is 5.33. The molecule has 1 aromatic carbocycles. The molecule has 3 rings (SSSR count). The molecule has 1 aromatic rings. The number of ether oxygens (including phenoxy) is 1. The first-order chi connectivity index (χ1) is 7.76. The number of fused-ring (bicyclic) bond motifs is 2. The summed E-state index contributed by atoms with van der Waals surface area (Å²) in [5.41, 5.74) is 1.64. The predicted octanol–water partition coefficient (Wildman–Crippen LogP) is 3.73. The Bertz CT molecular complexity index is 404. The lowest BCUT2D eigenvalue weighted by atomic mass is 9.89. The van der Waals surface area contributed by atoms with Crippen LogP contribution in [-0.2, 0) is 0 Å². The van der Waals surface area contributed by atoms with E-state index in [2.05, 4.69) is 43.3 Å². The summed E-state index contributed by atoms with van der Waals surface area (Å²) < 4.78 is 5.91. The van der Waals surface area contributed by atoms with Crippen molar-refractivity contribution in [3.05, 3.63) is 42.0 Å². The van der Waals surface area contributed by atoms with Crippen molar-refractivity contribution in [3.8, 4) is 5.75 Å². The Morgan fingerprint density at radius 2 is 2.12 bits per heavy atom. The molecule has 0 aromatic heterocycles. The van der Waals surface area contributed by atoms with Gasteiger partial charge in [0, 0.05) is 5.41 Å². The lowest BCUT2D eigenvalue weighted by molar-refractivity contribution is 0.197. The van der Waals surface area contributed by atoms with Crippen LogP contribution in [0.2, 0.25) is 0 Å². The molecule has 1 heteroatoms. The van der Waals surface area contributed by atoms with Gasteiger partial charge in [-0.15, -0.1) is 0 Å². The number of hydrogen-bond acceptors (Lipinski definition) is 1. The highest BCUT2D eigenvalue weighted by Gasteiger charge is 2.41. The van der Waals surface area contributed by atoms with Crippen LogP contribution >= 0.6 is 0 Å². The highest BCUT2D eigenvalue weighted by Crippen LogP contribution is 2.49. The first-order valence-electron chi connectivity index (χ1n) is 6.15. The van der Waals surface area contributed by atoms with Crippen LogP contribution in [0.3, 0.4) is 0 Å². The highest BCUT2D eigenvalue weighted by molar-refractivity contribution is 5.27. The number of benzene rings is 1. The fourth-order valence-corrected chi connectivity index (χ4v) is 2.90. The normalized spacial score (nSPS) is 30.9. The Morgan fingerprint density at radius 3 is 2.69 bits per heavy atom. The van der Waals surface area contributed by atoms with E-state index in [1.165, 1.54) is 24.8 Å². The van der Waals surface area contributed by atoms with Gasteiger partial charge < -0.3 is 4.74 Å². The number of rotatable bonds is 3. The van der Waals surface area contributed by atoms with Crippen molar-refractivity contribution in [2.45, 2.75) is 26.2 Å². The van der Waals surface area contributed by atoms with Crippen molar-refractivity contribution in [1.29, 1.82) is 0 Å². The number of aryl methyl sites for hydroxylation is 1. The highest BCUT2D eigenvalue weighted by atomic mass is 16.5. The van der Waals surface area contributed by atoms with Gasteiger partial charge in [0.2, 0.25) is 0 Å². The van der Waals surface area contributed by atoms with Crippen LogP contribution in [0.5, 0.6) is 5.75 Å². The van der Waals surface area contributed by atoms with Gasteiger partial charge in [-0.2, -0.15) is 0 Å². The summed E-state index contributed by atoms with van der Waals surface area (Å²) >= 11 is 0. The van der Waals surface area contributed by atoms with E-state index in [0.717, 1.165) is 18.3 Å². The van der Waals surface area contributed by atoms with Crippen LogP contribution in [0, 0.1) is 18.3 Å². The van der Waals surface area contributed by atoms with Crippen molar-refractivity contribution in [2.75, 3.05) is 6.61 Å². The lowest BCUT2D eigenvalue weighted by Gasteiger charge is -2.23. The second kappa shape index (κ2) is 3.65. The Hall–Kier alpha value is -1.24. The summed E-state index contributed by atoms with van der Waals surface area (Å²) in [6, 6.07) is 8.35. The Labute approximate surface area is 97.1 Å². The molecule has 2 aliphatic carbocycles. The van der Waals surface area contributed by atoms with Gasteiger partial charge >= 0.3 is 0 Å². The fourth-order valence-electron chi connectivity index (χ4n) is 2.90. The third kappa shape index (κ3) is 1.75. The van der Waals surface area contributed by atoms with Crippen molar-refractivity contribution >= 4 is 0 Å². The summed E-state index contributed by atoms with van der Waals surface area (Å²) in [4.78, 5) is 0. The Morgan fingerprint density at radius 1 is 1.31 bits per heavy atom. The molecule has 2 unspecified atom stereocenters. The average molecular weight is 214 g/mol. The molecule has 0 saturated heterocycles. The standard InChI is InChI=1S/C15H18O/c1-12-2-4-14(5-3-12)16-11-15-8-6-13(10-15)7-9-15/h2-6,8,13H,7,9-11H2,1H3. The number of hydrogen-bond donors (Lipinski definition) is 0. The van der Waals surface area contributed by atoms with Crippen molar-refractivity contribution in [3.63, 3.8) is 0 Å². The van der Waals surface area contributed by atoms with E-state index in [1.807, 2.05) is 0 Å². The molecule has 16 heavy (non-hydrogen) atoms. The maximum absolute atomic E-state index is 5.91. The summed E-state index contributed by atoms with van der Waals surface area (Å²) in [6.07, 6.45) is 8.73. The molecule has 2 aliphatic rings. The molecule has 2 bridgehead atoms. The SMILES string of the molecule is Cc1ccc(OCC23C=CC(CC2)C3)cc1. The summed E-state index contributed by atoms with van der Waals surface area (Å²) in [6.45, 7) is 2.95. The number of allylic oxidation sites excluding steroid dienone is 1. The third-order valence-electron chi connectivity index (χ3n) is 3.95. The van der Waals surface area contributed by atoms with Crippen LogP contribution in [0.4, 0.5) is 0 Å². The molecule has 2 atom stereocenters. The van der Waals surface area contributed by atoms with Crippen molar-refractivity contribution in [2.24, 2.45) is 11.3 Å². The van der Waals surface area contributed by atoms with E-state index >= 15 is 0 Å². The van der Waals surface area contributed by atoms with Gasteiger partial charge in [-0.3, -0.25) is 0 Å². The first-order valence-corrected chi connectivity index (χ1v) is 6.15. The van der Waals surface area contributed by atoms with E-state index in [9.17, 15) is 0 Å². The van der Waals surface area contributed by atoms with Crippen molar-refractivity contribution in [1.82, 2.24) is 0 Å². The topological polar surface area (TPSA) is 9.23 Å². The van der Waals surface area contributed by atoms with E-state index in [0.29, 0.717) is 5.41 Å². The van der Waals surface area contributed by atoms with Gasteiger partial charge in [-0.25, -0.2) is 0 Å². The zero-order valence-corrected chi connectivity index (χ0v) is 9.78. The summed E-state index contributed by atoms with van der Waals surface area (Å²) in [5, 5.41) is 0. The first kappa shape index (κ1) is 9.95. The van der Waals surface area contributed by atoms with Crippen molar-refractivity contribution < 1.29 is 4.74 Å². The minimum absolute atomic E-state index is 0.357. The molecular weight excluding hydrogens is 196 g/mol. The Kier molecular flexibility index (Phi) is 2.27. The van der Waals surface area contributed by atoms with Gasteiger partial charge in [0.05, 0.1) is 6.61 Å². The van der Waals surface area contributed by atoms with Gasteiger partial charge in [0.1, 0.15) is 5.75 Å². The van der Waals surface area contributed by atoms with Crippen LogP contribution in [0.25, 0.3) is 0 Å². The van der Waals surface area contributed by atoms with E-state index in [1.54, 1.807) is 0 Å². The molecule has 1 fully saturated rings. The van der Waals surface area contributed by atoms with E-state index in [4.69, 9.17) is 4.74 Å². The monoisotopic (exact) mass is 214 g/mol. The smallest absolute Gasteiger partial charge is 0.119 e. The molecule has 0 heterocycles. The minimum atomic E-state index is 0.357.